The molecule has 0 saturated carbocycles. The van der Waals surface area contributed by atoms with Crippen LogP contribution in [-0.4, -0.2) is 46.1 Å². The molecule has 0 aromatic heterocycles. The van der Waals surface area contributed by atoms with Crippen molar-refractivity contribution in [3.05, 3.63) is 35.4 Å². The number of carbonyl (C=O) groups is 1. The van der Waals surface area contributed by atoms with Crippen molar-refractivity contribution in [3.8, 4) is 0 Å². The van der Waals surface area contributed by atoms with E-state index in [1.54, 1.807) is 6.07 Å². The summed E-state index contributed by atoms with van der Waals surface area (Å²) in [6.45, 7) is 6.95. The number of nitrogens with zero attached hydrogens (tertiary/aromatic N) is 1. The Morgan fingerprint density at radius 1 is 1.26 bits per heavy atom. The minimum Gasteiger partial charge on any atom is -0.373 e. The van der Waals surface area contributed by atoms with Crippen LogP contribution >= 0.6 is 34.8 Å². The maximum atomic E-state index is 12.6. The Bertz CT molecular complexity index is 553. The average Bonchev–Trinajstić information content (AvgIpc) is 2.42. The first kappa shape index (κ1) is 18.8. The molecule has 0 aliphatic carbocycles. The van der Waals surface area contributed by atoms with Gasteiger partial charge in [0.25, 0.3) is 5.91 Å². The van der Waals surface area contributed by atoms with E-state index >= 15 is 0 Å². The molecule has 1 aromatic rings. The lowest BCUT2D eigenvalue weighted by molar-refractivity contribution is -0.0826. The predicted octanol–water partition coefficient (Wildman–Crippen LogP) is 3.53. The number of morpholine rings is 1. The van der Waals surface area contributed by atoms with E-state index in [1.165, 1.54) is 0 Å². The first-order valence-corrected chi connectivity index (χ1v) is 8.64. The Kier molecular flexibility index (Phi) is 6.20. The Labute approximate surface area is 152 Å². The maximum absolute atomic E-state index is 12.6. The smallest absolute Gasteiger partial charge is 0.252 e. The molecule has 1 aromatic carbocycles. The van der Waals surface area contributed by atoms with Gasteiger partial charge in [-0.25, -0.2) is 0 Å². The van der Waals surface area contributed by atoms with Crippen LogP contribution in [0.3, 0.4) is 0 Å². The van der Waals surface area contributed by atoms with E-state index in [0.29, 0.717) is 18.7 Å². The van der Waals surface area contributed by atoms with Crippen LogP contribution < -0.4 is 5.32 Å². The molecule has 0 radical (unpaired) electrons. The summed E-state index contributed by atoms with van der Waals surface area (Å²) in [6, 6.07) is 7.32. The molecule has 23 heavy (non-hydrogen) atoms. The third-order valence-corrected chi connectivity index (χ3v) is 4.40. The number of amides is 1. The summed E-state index contributed by atoms with van der Waals surface area (Å²) in [5.74, 6) is -0.258. The first-order chi connectivity index (χ1) is 10.7. The van der Waals surface area contributed by atoms with E-state index in [2.05, 4.69) is 5.32 Å². The molecule has 4 nitrogen and oxygen atoms in total. The normalized spacial score (nSPS) is 24.3. The Morgan fingerprint density at radius 2 is 1.83 bits per heavy atom. The van der Waals surface area contributed by atoms with Gasteiger partial charge in [-0.1, -0.05) is 53.0 Å². The van der Waals surface area contributed by atoms with Crippen LogP contribution in [0.15, 0.2) is 24.3 Å². The van der Waals surface area contributed by atoms with E-state index in [1.807, 2.05) is 43.9 Å². The summed E-state index contributed by atoms with van der Waals surface area (Å²) < 4.78 is 4.06. The number of hydrogen-bond acceptors (Lipinski definition) is 3. The molecule has 0 bridgehead atoms. The fraction of sp³-hybridized carbons (Fsp3) is 0.562. The van der Waals surface area contributed by atoms with Crippen LogP contribution in [0, 0.1) is 6.92 Å². The number of carbonyl (C=O) groups excluding carboxylic acids is 1. The molecule has 2 rings (SSSR count). The lowest BCUT2D eigenvalue weighted by Crippen LogP contribution is -2.60. The molecule has 128 valence electrons. The highest BCUT2D eigenvalue weighted by Gasteiger charge is 2.41. The Hall–Kier alpha value is -0.520. The van der Waals surface area contributed by atoms with Gasteiger partial charge in [0.05, 0.1) is 12.2 Å². The Balaban J connectivity index is 2.20. The van der Waals surface area contributed by atoms with Crippen molar-refractivity contribution >= 4 is 40.7 Å². The van der Waals surface area contributed by atoms with Crippen molar-refractivity contribution in [2.45, 2.75) is 42.9 Å². The van der Waals surface area contributed by atoms with E-state index in [9.17, 15) is 4.79 Å². The topological polar surface area (TPSA) is 41.6 Å². The van der Waals surface area contributed by atoms with Gasteiger partial charge in [0.15, 0.2) is 0 Å². The van der Waals surface area contributed by atoms with Crippen molar-refractivity contribution in [1.29, 1.82) is 0 Å². The van der Waals surface area contributed by atoms with Gasteiger partial charge < -0.3 is 10.1 Å². The van der Waals surface area contributed by atoms with Crippen LogP contribution in [0.1, 0.15) is 29.8 Å². The van der Waals surface area contributed by atoms with Gasteiger partial charge >= 0.3 is 0 Å². The zero-order valence-electron chi connectivity index (χ0n) is 13.4. The molecule has 1 aliphatic rings. The van der Waals surface area contributed by atoms with Gasteiger partial charge in [0.1, 0.15) is 6.17 Å². The molecular weight excluding hydrogens is 359 g/mol. The summed E-state index contributed by atoms with van der Waals surface area (Å²) in [4.78, 5) is 14.5. The van der Waals surface area contributed by atoms with Crippen LogP contribution in [-0.2, 0) is 4.74 Å². The summed E-state index contributed by atoms with van der Waals surface area (Å²) in [5.41, 5.74) is 1.44. The molecule has 1 heterocycles. The lowest BCUT2D eigenvalue weighted by atomic mass is 10.1. The van der Waals surface area contributed by atoms with Gasteiger partial charge in [-0.15, -0.1) is 0 Å². The largest absolute Gasteiger partial charge is 0.373 e. The lowest BCUT2D eigenvalue weighted by Gasteiger charge is -2.42. The number of aryl methyl sites for hydroxylation is 1. The molecule has 1 aliphatic heterocycles. The highest BCUT2D eigenvalue weighted by atomic mass is 35.6. The number of rotatable bonds is 3. The molecule has 7 heteroatoms. The monoisotopic (exact) mass is 378 g/mol. The number of benzene rings is 1. The third-order valence-electron chi connectivity index (χ3n) is 3.78. The minimum absolute atomic E-state index is 0.00367. The van der Waals surface area contributed by atoms with E-state index in [4.69, 9.17) is 39.5 Å². The Morgan fingerprint density at radius 3 is 2.35 bits per heavy atom. The fourth-order valence-electron chi connectivity index (χ4n) is 2.84. The standard InChI is InChI=1S/C16H21Cl3N2O2/c1-10-6-4-5-7-13(10)14(22)20-15(16(17,18)19)21-8-11(2)23-12(3)9-21/h4-7,11-12,15H,8-9H2,1-3H3,(H,20,22)/t11-,12-,15+/m0/s1. The molecule has 1 saturated heterocycles. The van der Waals surface area contributed by atoms with Crippen LogP contribution in [0.4, 0.5) is 0 Å². The number of hydrogen-bond donors (Lipinski definition) is 1. The fourth-order valence-corrected chi connectivity index (χ4v) is 3.42. The number of alkyl halides is 3. The first-order valence-electron chi connectivity index (χ1n) is 7.51. The summed E-state index contributed by atoms with van der Waals surface area (Å²) in [7, 11) is 0. The number of nitrogens with one attached hydrogen (secondary N) is 1. The van der Waals surface area contributed by atoms with Gasteiger partial charge in [-0.3, -0.25) is 9.69 Å². The molecule has 0 unspecified atom stereocenters. The molecule has 1 fully saturated rings. The van der Waals surface area contributed by atoms with Crippen molar-refractivity contribution in [1.82, 2.24) is 10.2 Å². The maximum Gasteiger partial charge on any atom is 0.252 e. The van der Waals surface area contributed by atoms with Gasteiger partial charge in [-0.2, -0.15) is 0 Å². The summed E-state index contributed by atoms with van der Waals surface area (Å²) in [5, 5.41) is 2.86. The summed E-state index contributed by atoms with van der Waals surface area (Å²) in [6.07, 6.45) is -0.721. The second-order valence-corrected chi connectivity index (χ2v) is 8.31. The quantitative estimate of drug-likeness (QED) is 0.817. The molecule has 1 amide bonds. The summed E-state index contributed by atoms with van der Waals surface area (Å²) >= 11 is 18.4. The van der Waals surface area contributed by atoms with Crippen LogP contribution in [0.25, 0.3) is 0 Å². The SMILES string of the molecule is Cc1ccccc1C(=O)N[C@H](N1C[C@H](C)O[C@@H](C)C1)C(Cl)(Cl)Cl. The molecule has 3 atom stereocenters. The van der Waals surface area contributed by atoms with Crippen LogP contribution in [0.5, 0.6) is 0 Å². The van der Waals surface area contributed by atoms with Crippen molar-refractivity contribution < 1.29 is 9.53 Å². The third kappa shape index (κ3) is 4.97. The van der Waals surface area contributed by atoms with Gasteiger partial charge in [0, 0.05) is 18.7 Å². The second-order valence-electron chi connectivity index (χ2n) is 5.94. The van der Waals surface area contributed by atoms with Crippen molar-refractivity contribution in [3.63, 3.8) is 0 Å². The highest BCUT2D eigenvalue weighted by molar-refractivity contribution is 6.68. The minimum atomic E-state index is -1.64. The molecular formula is C16H21Cl3N2O2. The number of ether oxygens (including phenoxy) is 1. The number of halogens is 3. The average molecular weight is 380 g/mol. The van der Waals surface area contributed by atoms with E-state index < -0.39 is 9.96 Å². The van der Waals surface area contributed by atoms with Gasteiger partial charge in [-0.05, 0) is 32.4 Å². The van der Waals surface area contributed by atoms with E-state index in [-0.39, 0.29) is 18.1 Å². The molecule has 1 N–H and O–H groups in total. The predicted molar refractivity (Wildman–Crippen MR) is 94.3 cm³/mol. The van der Waals surface area contributed by atoms with Crippen molar-refractivity contribution in [2.24, 2.45) is 0 Å². The molecule has 0 spiro atoms. The van der Waals surface area contributed by atoms with Crippen molar-refractivity contribution in [2.75, 3.05) is 13.1 Å². The highest BCUT2D eigenvalue weighted by Crippen LogP contribution is 2.33. The zero-order chi connectivity index (χ0) is 17.2. The van der Waals surface area contributed by atoms with Crippen LogP contribution in [0.2, 0.25) is 0 Å². The zero-order valence-corrected chi connectivity index (χ0v) is 15.6. The van der Waals surface area contributed by atoms with E-state index in [0.717, 1.165) is 5.56 Å². The van der Waals surface area contributed by atoms with Gasteiger partial charge in [0.2, 0.25) is 3.79 Å². The second kappa shape index (κ2) is 7.58.